The van der Waals surface area contributed by atoms with E-state index in [1.807, 2.05) is 0 Å². The van der Waals surface area contributed by atoms with Crippen LogP contribution in [-0.4, -0.2) is 54.4 Å². The van der Waals surface area contributed by atoms with Crippen molar-refractivity contribution in [1.29, 1.82) is 0 Å². The molecule has 2 unspecified atom stereocenters. The van der Waals surface area contributed by atoms with E-state index >= 15 is 0 Å². The highest BCUT2D eigenvalue weighted by molar-refractivity contribution is 7.99. The second-order valence-corrected chi connectivity index (χ2v) is 5.59. The first-order chi connectivity index (χ1) is 9.13. The molecule has 2 atom stereocenters. The molecule has 0 spiro atoms. The van der Waals surface area contributed by atoms with Gasteiger partial charge in [-0.2, -0.15) is 11.8 Å². The number of carbonyl (C=O) groups excluding carboxylic acids is 1. The van der Waals surface area contributed by atoms with E-state index in [-0.39, 0.29) is 25.3 Å². The van der Waals surface area contributed by atoms with Crippen LogP contribution in [0, 0.1) is 0 Å². The summed E-state index contributed by atoms with van der Waals surface area (Å²) < 4.78 is 4.83. The van der Waals surface area contributed by atoms with Gasteiger partial charge in [0, 0.05) is 17.8 Å². The molecular formula is C12H22N2O4S. The Hall–Kier alpha value is -0.950. The van der Waals surface area contributed by atoms with Gasteiger partial charge in [0.25, 0.3) is 0 Å². The Morgan fingerprint density at radius 2 is 2.11 bits per heavy atom. The molecule has 110 valence electrons. The number of thioether (sulfide) groups is 1. The van der Waals surface area contributed by atoms with Gasteiger partial charge in [0.2, 0.25) is 0 Å². The number of urea groups is 1. The number of hydrogen-bond donors (Lipinski definition) is 3. The number of rotatable bonds is 7. The number of hydrogen-bond acceptors (Lipinski definition) is 4. The van der Waals surface area contributed by atoms with Gasteiger partial charge >= 0.3 is 12.0 Å². The third-order valence-corrected chi connectivity index (χ3v) is 4.25. The van der Waals surface area contributed by atoms with Crippen molar-refractivity contribution in [2.24, 2.45) is 0 Å². The maximum absolute atomic E-state index is 11.7. The van der Waals surface area contributed by atoms with Crippen LogP contribution < -0.4 is 10.6 Å². The number of carboxylic acid groups (broad SMARTS) is 1. The minimum Gasteiger partial charge on any atom is -0.480 e. The molecule has 1 fully saturated rings. The Morgan fingerprint density at radius 3 is 2.79 bits per heavy atom. The fourth-order valence-electron chi connectivity index (χ4n) is 2.16. The van der Waals surface area contributed by atoms with Gasteiger partial charge in [0.05, 0.1) is 6.61 Å². The summed E-state index contributed by atoms with van der Waals surface area (Å²) in [6.07, 6.45) is 6.63. The molecule has 19 heavy (non-hydrogen) atoms. The topological polar surface area (TPSA) is 87.7 Å². The Morgan fingerprint density at radius 1 is 1.37 bits per heavy atom. The summed E-state index contributed by atoms with van der Waals surface area (Å²) in [7, 11) is 0. The first-order valence-corrected chi connectivity index (χ1v) is 7.79. The Balaban J connectivity index is 2.14. The molecule has 3 N–H and O–H groups in total. The van der Waals surface area contributed by atoms with Crippen LogP contribution in [0.15, 0.2) is 0 Å². The zero-order chi connectivity index (χ0) is 14.1. The van der Waals surface area contributed by atoms with Crippen molar-refractivity contribution >= 4 is 23.8 Å². The van der Waals surface area contributed by atoms with Crippen LogP contribution in [0.3, 0.4) is 0 Å². The van der Waals surface area contributed by atoms with Gasteiger partial charge in [-0.3, -0.25) is 0 Å². The molecule has 1 saturated carbocycles. The monoisotopic (exact) mass is 290 g/mol. The predicted molar refractivity (Wildman–Crippen MR) is 74.5 cm³/mol. The van der Waals surface area contributed by atoms with Crippen molar-refractivity contribution in [1.82, 2.24) is 10.6 Å². The summed E-state index contributed by atoms with van der Waals surface area (Å²) in [6, 6.07) is 0.0218. The van der Waals surface area contributed by atoms with Gasteiger partial charge in [-0.05, 0) is 19.1 Å². The van der Waals surface area contributed by atoms with Gasteiger partial charge in [0.1, 0.15) is 6.61 Å². The minimum atomic E-state index is -1.01. The molecule has 0 aliphatic heterocycles. The van der Waals surface area contributed by atoms with E-state index in [0.29, 0.717) is 11.8 Å². The molecule has 1 aliphatic rings. The lowest BCUT2D eigenvalue weighted by atomic mass is 9.95. The molecule has 0 bridgehead atoms. The molecule has 1 aliphatic carbocycles. The largest absolute Gasteiger partial charge is 0.480 e. The second-order valence-electron chi connectivity index (χ2n) is 4.51. The van der Waals surface area contributed by atoms with E-state index in [4.69, 9.17) is 9.84 Å². The fourth-order valence-corrected chi connectivity index (χ4v) is 3.09. The Labute approximate surface area is 117 Å². The van der Waals surface area contributed by atoms with E-state index in [1.165, 1.54) is 6.42 Å². The highest BCUT2D eigenvalue weighted by Gasteiger charge is 2.25. The zero-order valence-corrected chi connectivity index (χ0v) is 12.0. The van der Waals surface area contributed by atoms with Crippen molar-refractivity contribution in [3.8, 4) is 0 Å². The van der Waals surface area contributed by atoms with E-state index in [9.17, 15) is 9.59 Å². The van der Waals surface area contributed by atoms with Crippen molar-refractivity contribution in [2.45, 2.75) is 37.0 Å². The van der Waals surface area contributed by atoms with E-state index in [1.54, 1.807) is 11.8 Å². The summed E-state index contributed by atoms with van der Waals surface area (Å²) in [5, 5.41) is 14.5. The summed E-state index contributed by atoms with van der Waals surface area (Å²) in [5.41, 5.74) is 0. The number of aliphatic carboxylic acids is 1. The van der Waals surface area contributed by atoms with Crippen molar-refractivity contribution < 1.29 is 19.4 Å². The van der Waals surface area contributed by atoms with Gasteiger partial charge < -0.3 is 20.5 Å². The van der Waals surface area contributed by atoms with Crippen LogP contribution in [0.4, 0.5) is 4.79 Å². The lowest BCUT2D eigenvalue weighted by molar-refractivity contribution is -0.142. The Bertz CT molecular complexity index is 301. The average Bonchev–Trinajstić information content (AvgIpc) is 2.38. The predicted octanol–water partition coefficient (Wildman–Crippen LogP) is 1.06. The molecule has 0 aromatic heterocycles. The van der Waals surface area contributed by atoms with Crippen LogP contribution in [0.2, 0.25) is 0 Å². The molecule has 0 radical (unpaired) electrons. The van der Waals surface area contributed by atoms with Crippen molar-refractivity contribution in [2.75, 3.05) is 26.0 Å². The molecule has 0 aromatic rings. The molecule has 0 saturated heterocycles. The van der Waals surface area contributed by atoms with Crippen molar-refractivity contribution in [3.05, 3.63) is 0 Å². The molecule has 6 nitrogen and oxygen atoms in total. The highest BCUT2D eigenvalue weighted by atomic mass is 32.2. The van der Waals surface area contributed by atoms with E-state index < -0.39 is 5.97 Å². The number of amides is 2. The van der Waals surface area contributed by atoms with E-state index in [0.717, 1.165) is 19.3 Å². The number of nitrogens with one attached hydrogen (secondary N) is 2. The van der Waals surface area contributed by atoms with Crippen LogP contribution >= 0.6 is 11.8 Å². The van der Waals surface area contributed by atoms with Crippen LogP contribution in [-0.2, 0) is 9.53 Å². The Kier molecular flexibility index (Phi) is 7.66. The van der Waals surface area contributed by atoms with Crippen LogP contribution in [0.5, 0.6) is 0 Å². The maximum atomic E-state index is 11.7. The first kappa shape index (κ1) is 16.1. The SMILES string of the molecule is CSC1CCCCC1NC(=O)NCCOCC(=O)O. The number of ether oxygens (including phenoxy) is 1. The molecular weight excluding hydrogens is 268 g/mol. The van der Waals surface area contributed by atoms with Gasteiger partial charge in [0.15, 0.2) is 0 Å². The molecule has 1 rings (SSSR count). The summed E-state index contributed by atoms with van der Waals surface area (Å²) in [4.78, 5) is 21.9. The first-order valence-electron chi connectivity index (χ1n) is 6.50. The van der Waals surface area contributed by atoms with E-state index in [2.05, 4.69) is 16.9 Å². The third-order valence-electron chi connectivity index (χ3n) is 3.08. The smallest absolute Gasteiger partial charge is 0.329 e. The van der Waals surface area contributed by atoms with Gasteiger partial charge in [-0.15, -0.1) is 0 Å². The van der Waals surface area contributed by atoms with Gasteiger partial charge in [-0.25, -0.2) is 9.59 Å². The third kappa shape index (κ3) is 6.68. The maximum Gasteiger partial charge on any atom is 0.329 e. The summed E-state index contributed by atoms with van der Waals surface area (Å²) in [5.74, 6) is -1.01. The lowest BCUT2D eigenvalue weighted by Crippen LogP contribution is -2.48. The number of carbonyl (C=O) groups is 2. The quantitative estimate of drug-likeness (QED) is 0.610. The van der Waals surface area contributed by atoms with Crippen molar-refractivity contribution in [3.63, 3.8) is 0 Å². The highest BCUT2D eigenvalue weighted by Crippen LogP contribution is 2.26. The summed E-state index contributed by atoms with van der Waals surface area (Å²) in [6.45, 7) is 0.187. The second kappa shape index (κ2) is 9.03. The lowest BCUT2D eigenvalue weighted by Gasteiger charge is -2.30. The number of carboxylic acids is 1. The molecule has 0 aromatic carbocycles. The summed E-state index contributed by atoms with van der Waals surface area (Å²) >= 11 is 1.80. The fraction of sp³-hybridized carbons (Fsp3) is 0.833. The average molecular weight is 290 g/mol. The molecule has 7 heteroatoms. The molecule has 0 heterocycles. The van der Waals surface area contributed by atoms with Crippen LogP contribution in [0.25, 0.3) is 0 Å². The normalized spacial score (nSPS) is 22.8. The molecule has 2 amide bonds. The van der Waals surface area contributed by atoms with Crippen LogP contribution in [0.1, 0.15) is 25.7 Å². The zero-order valence-electron chi connectivity index (χ0n) is 11.2. The minimum absolute atomic E-state index is 0.204. The van der Waals surface area contributed by atoms with Gasteiger partial charge in [-0.1, -0.05) is 12.8 Å². The standard InChI is InChI=1S/C12H22N2O4S/c1-19-10-5-3-2-4-9(10)14-12(17)13-6-7-18-8-11(15)16/h9-10H,2-8H2,1H3,(H,15,16)(H2,13,14,17).